The molecule has 0 bridgehead atoms. The Balaban J connectivity index is 1.18. The van der Waals surface area contributed by atoms with Crippen molar-refractivity contribution < 1.29 is 0 Å². The molecule has 0 radical (unpaired) electrons. The van der Waals surface area contributed by atoms with Crippen molar-refractivity contribution in [3.8, 4) is 61.5 Å². The topological polar surface area (TPSA) is 4.93 Å². The Morgan fingerprint density at radius 1 is 0.400 bits per heavy atom. The van der Waals surface area contributed by atoms with Gasteiger partial charge in [0.2, 0.25) is 0 Å². The summed E-state index contributed by atoms with van der Waals surface area (Å²) in [6.45, 7) is 0. The third-order valence-corrected chi connectivity index (χ3v) is 11.4. The van der Waals surface area contributed by atoms with E-state index in [4.69, 9.17) is 0 Å². The predicted octanol–water partition coefficient (Wildman–Crippen LogP) is 14.9. The number of aromatic nitrogens is 1. The van der Waals surface area contributed by atoms with Crippen molar-refractivity contribution in [3.05, 3.63) is 212 Å². The number of fused-ring (bicyclic) bond motifs is 2. The van der Waals surface area contributed by atoms with E-state index in [1.54, 1.807) is 0 Å². The molecule has 1 aliphatic carbocycles. The van der Waals surface area contributed by atoms with E-state index in [0.29, 0.717) is 5.92 Å². The molecule has 0 saturated carbocycles. The zero-order valence-corrected chi connectivity index (χ0v) is 30.8. The lowest BCUT2D eigenvalue weighted by atomic mass is 9.88. The molecule has 1 atom stereocenters. The maximum absolute atomic E-state index is 2.51. The van der Waals surface area contributed by atoms with Crippen LogP contribution in [0.3, 0.4) is 0 Å². The van der Waals surface area contributed by atoms with Crippen LogP contribution in [0.2, 0.25) is 0 Å². The van der Waals surface area contributed by atoms with Crippen LogP contribution in [0.15, 0.2) is 206 Å². The molecule has 1 heterocycles. The van der Waals surface area contributed by atoms with E-state index in [1.807, 2.05) is 0 Å². The third kappa shape index (κ3) is 6.28. The van der Waals surface area contributed by atoms with E-state index in [1.165, 1.54) is 108 Å². The van der Waals surface area contributed by atoms with Crippen LogP contribution in [-0.4, -0.2) is 4.57 Å². The summed E-state index contributed by atoms with van der Waals surface area (Å²) >= 11 is 0. The van der Waals surface area contributed by atoms with Crippen molar-refractivity contribution in [1.29, 1.82) is 0 Å². The van der Waals surface area contributed by atoms with Gasteiger partial charge in [-0.25, -0.2) is 0 Å². The number of allylic oxidation sites excluding steroid dienone is 2. The van der Waals surface area contributed by atoms with Gasteiger partial charge in [0.25, 0.3) is 0 Å². The molecule has 262 valence electrons. The first-order chi connectivity index (χ1) is 27.3. The molecule has 1 heteroatoms. The predicted molar refractivity (Wildman–Crippen MR) is 234 cm³/mol. The largest absolute Gasteiger partial charge is 0.313 e. The third-order valence-electron chi connectivity index (χ3n) is 11.4. The molecule has 0 spiro atoms. The molecule has 10 rings (SSSR count). The van der Waals surface area contributed by atoms with Crippen molar-refractivity contribution >= 4 is 21.5 Å². The van der Waals surface area contributed by atoms with Gasteiger partial charge < -0.3 is 4.57 Å². The highest BCUT2D eigenvalue weighted by molar-refractivity contribution is 6.11. The van der Waals surface area contributed by atoms with Crippen LogP contribution in [-0.2, 0) is 0 Å². The average molecular weight is 704 g/mol. The van der Waals surface area contributed by atoms with Gasteiger partial charge in [-0.05, 0) is 139 Å². The van der Waals surface area contributed by atoms with E-state index in [-0.39, 0.29) is 0 Å². The van der Waals surface area contributed by atoms with E-state index in [0.717, 1.165) is 0 Å². The Hall–Kier alpha value is -6.70. The van der Waals surface area contributed by atoms with Crippen LogP contribution in [0.1, 0.15) is 30.9 Å². The van der Waals surface area contributed by atoms with Crippen molar-refractivity contribution in [3.63, 3.8) is 0 Å². The van der Waals surface area contributed by atoms with Gasteiger partial charge in [0.15, 0.2) is 0 Å². The number of hydrogen-bond acceptors (Lipinski definition) is 0. The number of hydrogen-bond donors (Lipinski definition) is 0. The fourth-order valence-electron chi connectivity index (χ4n) is 8.64. The first-order valence-corrected chi connectivity index (χ1v) is 19.5. The minimum Gasteiger partial charge on any atom is -0.313 e. The molecule has 1 aliphatic rings. The molecule has 1 aromatic heterocycles. The van der Waals surface area contributed by atoms with Crippen LogP contribution < -0.4 is 0 Å². The zero-order valence-electron chi connectivity index (χ0n) is 30.8. The SMILES string of the molecule is C1=CC(c2ccc(-c3ccccc3)n2-c2ccc3cc4c(-c5cccc(-c6ccccc6)c5)ccc(-c5cccc(-c6ccccc6)c5)c4cc3c2)CCC1. The van der Waals surface area contributed by atoms with E-state index in [2.05, 4.69) is 211 Å². The van der Waals surface area contributed by atoms with Crippen LogP contribution in [0.25, 0.3) is 83.0 Å². The summed E-state index contributed by atoms with van der Waals surface area (Å²) < 4.78 is 2.51. The molecule has 0 amide bonds. The standard InChI is InChI=1S/C54H41N/c1-5-15-38(16-6-1)42-23-13-25-45(33-42)49-29-30-50(46-26-14-24-43(34-46)39-17-7-2-8-18-39)52-37-47-35-48(28-27-44(47)36-51(49)52)55-53(40-19-9-3-10-20-40)31-32-54(55)41-21-11-4-12-22-41/h1-3,5-11,13-21,23-37,41H,4,12,22H2. The molecule has 9 aromatic rings. The van der Waals surface area contributed by atoms with Gasteiger partial charge in [0.05, 0.1) is 5.69 Å². The Morgan fingerprint density at radius 2 is 0.945 bits per heavy atom. The van der Waals surface area contributed by atoms with Gasteiger partial charge in [0, 0.05) is 17.3 Å². The van der Waals surface area contributed by atoms with E-state index in [9.17, 15) is 0 Å². The Morgan fingerprint density at radius 3 is 1.53 bits per heavy atom. The molecule has 1 unspecified atom stereocenters. The fourth-order valence-corrected chi connectivity index (χ4v) is 8.64. The lowest BCUT2D eigenvalue weighted by Crippen LogP contribution is -2.08. The summed E-state index contributed by atoms with van der Waals surface area (Å²) in [7, 11) is 0. The van der Waals surface area contributed by atoms with Gasteiger partial charge in [0.1, 0.15) is 0 Å². The molecule has 0 fully saturated rings. The van der Waals surface area contributed by atoms with Crippen molar-refractivity contribution in [2.75, 3.05) is 0 Å². The van der Waals surface area contributed by atoms with Crippen LogP contribution >= 0.6 is 0 Å². The second kappa shape index (κ2) is 14.3. The second-order valence-corrected chi connectivity index (χ2v) is 14.8. The molecule has 55 heavy (non-hydrogen) atoms. The first kappa shape index (κ1) is 32.9. The lowest BCUT2D eigenvalue weighted by molar-refractivity contribution is 0.633. The van der Waals surface area contributed by atoms with Crippen molar-refractivity contribution in [2.45, 2.75) is 25.2 Å². The quantitative estimate of drug-likeness (QED) is 0.115. The van der Waals surface area contributed by atoms with Crippen LogP contribution in [0, 0.1) is 0 Å². The number of rotatable bonds is 7. The highest BCUT2D eigenvalue weighted by Crippen LogP contribution is 2.41. The molecule has 0 saturated heterocycles. The van der Waals surface area contributed by atoms with Crippen molar-refractivity contribution in [2.24, 2.45) is 0 Å². The van der Waals surface area contributed by atoms with Gasteiger partial charge >= 0.3 is 0 Å². The molecule has 1 nitrogen and oxygen atoms in total. The maximum atomic E-state index is 2.51. The van der Waals surface area contributed by atoms with Gasteiger partial charge in [-0.3, -0.25) is 0 Å². The highest BCUT2D eigenvalue weighted by atomic mass is 15.0. The minimum absolute atomic E-state index is 0.399. The van der Waals surface area contributed by atoms with Gasteiger partial charge in [-0.15, -0.1) is 0 Å². The summed E-state index contributed by atoms with van der Waals surface area (Å²) in [5.41, 5.74) is 14.8. The van der Waals surface area contributed by atoms with Crippen LogP contribution in [0.4, 0.5) is 0 Å². The minimum atomic E-state index is 0.399. The number of nitrogens with zero attached hydrogens (tertiary/aromatic N) is 1. The monoisotopic (exact) mass is 703 g/mol. The Bertz CT molecular complexity index is 2820. The Kier molecular flexibility index (Phi) is 8.54. The molecular weight excluding hydrogens is 663 g/mol. The maximum Gasteiger partial charge on any atom is 0.0531 e. The molecule has 0 N–H and O–H groups in total. The first-order valence-electron chi connectivity index (χ1n) is 19.5. The molecule has 0 aliphatic heterocycles. The summed E-state index contributed by atoms with van der Waals surface area (Å²) in [6, 6.07) is 71.4. The normalized spacial score (nSPS) is 14.1. The molecule has 8 aromatic carbocycles. The van der Waals surface area contributed by atoms with E-state index >= 15 is 0 Å². The van der Waals surface area contributed by atoms with E-state index < -0.39 is 0 Å². The zero-order chi connectivity index (χ0) is 36.6. The summed E-state index contributed by atoms with van der Waals surface area (Å²) in [4.78, 5) is 0. The lowest BCUT2D eigenvalue weighted by Gasteiger charge is -2.22. The smallest absolute Gasteiger partial charge is 0.0531 e. The Labute approximate surface area is 323 Å². The summed E-state index contributed by atoms with van der Waals surface area (Å²) in [6.07, 6.45) is 8.35. The number of benzene rings is 8. The van der Waals surface area contributed by atoms with Gasteiger partial charge in [-0.1, -0.05) is 158 Å². The molecular formula is C54H41N. The van der Waals surface area contributed by atoms with Gasteiger partial charge in [-0.2, -0.15) is 0 Å². The summed E-state index contributed by atoms with van der Waals surface area (Å²) in [5, 5.41) is 4.98. The average Bonchev–Trinajstić information content (AvgIpc) is 3.72. The fraction of sp³-hybridized carbons (Fsp3) is 0.0741. The highest BCUT2D eigenvalue weighted by Gasteiger charge is 2.20. The van der Waals surface area contributed by atoms with Crippen LogP contribution in [0.5, 0.6) is 0 Å². The summed E-state index contributed by atoms with van der Waals surface area (Å²) in [5.74, 6) is 0.399. The second-order valence-electron chi connectivity index (χ2n) is 14.8. The van der Waals surface area contributed by atoms with Crippen molar-refractivity contribution in [1.82, 2.24) is 4.57 Å².